The Morgan fingerprint density at radius 3 is 2.65 bits per heavy atom. The zero-order valence-corrected chi connectivity index (χ0v) is 13.1. The van der Waals surface area contributed by atoms with Crippen LogP contribution in [0, 0.1) is 5.92 Å². The van der Waals surface area contributed by atoms with E-state index in [9.17, 15) is 8.42 Å². The molecule has 0 spiro atoms. The van der Waals surface area contributed by atoms with E-state index in [1.54, 1.807) is 0 Å². The van der Waals surface area contributed by atoms with E-state index in [4.69, 9.17) is 5.73 Å². The average Bonchev–Trinajstić information content (AvgIpc) is 2.79. The van der Waals surface area contributed by atoms with Crippen LogP contribution < -0.4 is 14.8 Å². The van der Waals surface area contributed by atoms with Crippen LogP contribution in [0.5, 0.6) is 0 Å². The van der Waals surface area contributed by atoms with Crippen molar-refractivity contribution >= 4 is 15.9 Å². The molecule has 0 aromatic heterocycles. The van der Waals surface area contributed by atoms with E-state index in [0.29, 0.717) is 13.1 Å². The molecule has 0 saturated heterocycles. The Bertz CT molecular complexity index is 582. The molecule has 1 unspecified atom stereocenters. The van der Waals surface area contributed by atoms with Crippen molar-refractivity contribution in [3.63, 3.8) is 0 Å². The van der Waals surface area contributed by atoms with Crippen LogP contribution in [-0.4, -0.2) is 21.5 Å². The molecule has 1 aliphatic heterocycles. The second-order valence-electron chi connectivity index (χ2n) is 5.75. The summed E-state index contributed by atoms with van der Waals surface area (Å²) in [6.45, 7) is 6.83. The van der Waals surface area contributed by atoms with E-state index in [2.05, 4.69) is 4.72 Å². The first kappa shape index (κ1) is 15.3. The van der Waals surface area contributed by atoms with Gasteiger partial charge < -0.3 is 5.73 Å². The Labute approximate surface area is 121 Å². The summed E-state index contributed by atoms with van der Waals surface area (Å²) >= 11 is 0. The molecule has 5 nitrogen and oxygen atoms in total. The van der Waals surface area contributed by atoms with Gasteiger partial charge in [0.25, 0.3) is 0 Å². The Morgan fingerprint density at radius 2 is 2.05 bits per heavy atom. The lowest BCUT2D eigenvalue weighted by Crippen LogP contribution is -2.41. The maximum absolute atomic E-state index is 12.3. The van der Waals surface area contributed by atoms with Gasteiger partial charge in [-0.2, -0.15) is 13.1 Å². The normalized spacial score (nSPS) is 16.6. The van der Waals surface area contributed by atoms with Crippen molar-refractivity contribution in [1.82, 2.24) is 4.72 Å². The lowest BCUT2D eigenvalue weighted by atomic mass is 10.0. The third kappa shape index (κ3) is 3.13. The molecule has 1 aromatic carbocycles. The van der Waals surface area contributed by atoms with Crippen molar-refractivity contribution in [2.45, 2.75) is 33.2 Å². The third-order valence-corrected chi connectivity index (χ3v) is 4.94. The molecule has 1 heterocycles. The lowest BCUT2D eigenvalue weighted by Gasteiger charge is -2.21. The molecule has 0 bridgehead atoms. The van der Waals surface area contributed by atoms with Gasteiger partial charge in [-0.1, -0.05) is 26.0 Å². The van der Waals surface area contributed by atoms with E-state index in [0.717, 1.165) is 23.2 Å². The number of hydrogen-bond acceptors (Lipinski definition) is 3. The molecule has 0 aliphatic carbocycles. The van der Waals surface area contributed by atoms with Crippen LogP contribution in [0.2, 0.25) is 0 Å². The summed E-state index contributed by atoms with van der Waals surface area (Å²) in [5.41, 5.74) is 8.72. The summed E-state index contributed by atoms with van der Waals surface area (Å²) < 4.78 is 28.7. The second-order valence-corrected chi connectivity index (χ2v) is 7.43. The van der Waals surface area contributed by atoms with Crippen molar-refractivity contribution in [3.8, 4) is 0 Å². The van der Waals surface area contributed by atoms with Gasteiger partial charge in [0.2, 0.25) is 0 Å². The van der Waals surface area contributed by atoms with Gasteiger partial charge in [0, 0.05) is 19.1 Å². The fourth-order valence-corrected chi connectivity index (χ4v) is 3.74. The number of nitrogens with zero attached hydrogens (tertiary/aromatic N) is 1. The first-order valence-electron chi connectivity index (χ1n) is 6.97. The van der Waals surface area contributed by atoms with E-state index >= 15 is 0 Å². The standard InChI is InChI=1S/C14H23N3O2S/c1-10(2)9-16-20(18,19)17-7-6-13-8-12(11(3)15)4-5-14(13)17/h4-5,8,10-11,16H,6-7,9,15H2,1-3H3. The number of nitrogens with two attached hydrogens (primary N) is 1. The molecule has 0 radical (unpaired) electrons. The second kappa shape index (κ2) is 5.71. The summed E-state index contributed by atoms with van der Waals surface area (Å²) in [6, 6.07) is 5.73. The molecule has 2 rings (SSSR count). The van der Waals surface area contributed by atoms with Crippen molar-refractivity contribution in [3.05, 3.63) is 29.3 Å². The number of nitrogens with one attached hydrogen (secondary N) is 1. The quantitative estimate of drug-likeness (QED) is 0.866. The number of benzene rings is 1. The molecule has 0 fully saturated rings. The highest BCUT2D eigenvalue weighted by Gasteiger charge is 2.29. The van der Waals surface area contributed by atoms with Crippen LogP contribution in [0.15, 0.2) is 18.2 Å². The number of fused-ring (bicyclic) bond motifs is 1. The summed E-state index contributed by atoms with van der Waals surface area (Å²) in [4.78, 5) is 0. The minimum atomic E-state index is -3.45. The molecule has 6 heteroatoms. The number of anilines is 1. The monoisotopic (exact) mass is 297 g/mol. The number of rotatable bonds is 5. The van der Waals surface area contributed by atoms with E-state index < -0.39 is 10.2 Å². The topological polar surface area (TPSA) is 75.4 Å². The molecule has 0 amide bonds. The molecule has 1 aromatic rings. The molecule has 3 N–H and O–H groups in total. The summed E-state index contributed by atoms with van der Waals surface area (Å²) in [5.74, 6) is 0.285. The smallest absolute Gasteiger partial charge is 0.301 e. The van der Waals surface area contributed by atoms with Gasteiger partial charge in [0.15, 0.2) is 0 Å². The molecular formula is C14H23N3O2S. The minimum absolute atomic E-state index is 0.0370. The zero-order chi connectivity index (χ0) is 14.9. The predicted octanol–water partition coefficient (Wildman–Crippen LogP) is 1.56. The molecular weight excluding hydrogens is 274 g/mol. The molecule has 20 heavy (non-hydrogen) atoms. The van der Waals surface area contributed by atoms with E-state index in [1.807, 2.05) is 39.0 Å². The molecule has 1 atom stereocenters. The highest BCUT2D eigenvalue weighted by atomic mass is 32.2. The van der Waals surface area contributed by atoms with Gasteiger partial charge >= 0.3 is 10.2 Å². The molecule has 1 aliphatic rings. The summed E-state index contributed by atoms with van der Waals surface area (Å²) in [5, 5.41) is 0. The average molecular weight is 297 g/mol. The van der Waals surface area contributed by atoms with Crippen LogP contribution in [0.4, 0.5) is 5.69 Å². The Morgan fingerprint density at radius 1 is 1.35 bits per heavy atom. The third-order valence-electron chi connectivity index (χ3n) is 3.45. The predicted molar refractivity (Wildman–Crippen MR) is 81.9 cm³/mol. The zero-order valence-electron chi connectivity index (χ0n) is 12.3. The SMILES string of the molecule is CC(C)CNS(=O)(=O)N1CCc2cc(C(C)N)ccc21. The van der Waals surface area contributed by atoms with Gasteiger partial charge in [-0.05, 0) is 36.5 Å². The highest BCUT2D eigenvalue weighted by Crippen LogP contribution is 2.31. The Balaban J connectivity index is 2.23. The van der Waals surface area contributed by atoms with Gasteiger partial charge in [-0.15, -0.1) is 0 Å². The van der Waals surface area contributed by atoms with Gasteiger partial charge in [-0.3, -0.25) is 4.31 Å². The van der Waals surface area contributed by atoms with Gasteiger partial charge in [0.05, 0.1) is 5.69 Å². The first-order valence-corrected chi connectivity index (χ1v) is 8.41. The van der Waals surface area contributed by atoms with Crippen LogP contribution >= 0.6 is 0 Å². The summed E-state index contributed by atoms with van der Waals surface area (Å²) in [6.07, 6.45) is 0.735. The van der Waals surface area contributed by atoms with Crippen LogP contribution in [0.1, 0.15) is 37.9 Å². The Kier molecular flexibility index (Phi) is 4.36. The highest BCUT2D eigenvalue weighted by molar-refractivity contribution is 7.90. The summed E-state index contributed by atoms with van der Waals surface area (Å²) in [7, 11) is -3.45. The maximum Gasteiger partial charge on any atom is 0.301 e. The Hall–Kier alpha value is -1.11. The van der Waals surface area contributed by atoms with Crippen molar-refractivity contribution < 1.29 is 8.42 Å². The molecule has 0 saturated carbocycles. The maximum atomic E-state index is 12.3. The fourth-order valence-electron chi connectivity index (χ4n) is 2.27. The van der Waals surface area contributed by atoms with Crippen LogP contribution in [-0.2, 0) is 16.6 Å². The van der Waals surface area contributed by atoms with Crippen molar-refractivity contribution in [1.29, 1.82) is 0 Å². The fraction of sp³-hybridized carbons (Fsp3) is 0.571. The van der Waals surface area contributed by atoms with Crippen LogP contribution in [0.25, 0.3) is 0 Å². The van der Waals surface area contributed by atoms with Crippen molar-refractivity contribution in [2.75, 3.05) is 17.4 Å². The van der Waals surface area contributed by atoms with Crippen molar-refractivity contribution in [2.24, 2.45) is 11.7 Å². The van der Waals surface area contributed by atoms with Gasteiger partial charge in [0.1, 0.15) is 0 Å². The minimum Gasteiger partial charge on any atom is -0.324 e. The van der Waals surface area contributed by atoms with E-state index in [-0.39, 0.29) is 12.0 Å². The number of hydrogen-bond donors (Lipinski definition) is 2. The lowest BCUT2D eigenvalue weighted by molar-refractivity contribution is 0.557. The molecule has 112 valence electrons. The largest absolute Gasteiger partial charge is 0.324 e. The first-order chi connectivity index (χ1) is 9.31. The van der Waals surface area contributed by atoms with Crippen LogP contribution in [0.3, 0.4) is 0 Å². The van der Waals surface area contributed by atoms with E-state index in [1.165, 1.54) is 4.31 Å². The van der Waals surface area contributed by atoms with Gasteiger partial charge in [-0.25, -0.2) is 0 Å².